The van der Waals surface area contributed by atoms with Crippen molar-refractivity contribution in [2.75, 3.05) is 6.54 Å². The van der Waals surface area contributed by atoms with Crippen LogP contribution in [0.5, 0.6) is 0 Å². The van der Waals surface area contributed by atoms with Gasteiger partial charge in [0.25, 0.3) is 5.56 Å². The molecule has 0 fully saturated rings. The lowest BCUT2D eigenvalue weighted by molar-refractivity contribution is -0.148. The number of hydrogen-bond donors (Lipinski definition) is 4. The summed E-state index contributed by atoms with van der Waals surface area (Å²) in [6.07, 6.45) is -1.85. The summed E-state index contributed by atoms with van der Waals surface area (Å²) >= 11 is 5.97. The van der Waals surface area contributed by atoms with Gasteiger partial charge in [0.15, 0.2) is 6.10 Å². The topological polar surface area (TPSA) is 136 Å². The van der Waals surface area contributed by atoms with Crippen molar-refractivity contribution in [2.24, 2.45) is 0 Å². The summed E-state index contributed by atoms with van der Waals surface area (Å²) in [4.78, 5) is 34.4. The number of halogens is 2. The number of benzene rings is 2. The molecule has 3 aromatic rings. The molecule has 0 unspecified atom stereocenters. The summed E-state index contributed by atoms with van der Waals surface area (Å²) in [5, 5.41) is 22.1. The van der Waals surface area contributed by atoms with Crippen molar-refractivity contribution in [3.05, 3.63) is 81.0 Å². The Balaban J connectivity index is 1.81. The SMILES string of the molecule is O=C(NN(Cc1ccc(-c2cccc(Cl)c2)cc1F)C[C@@H](O)C(=O)O)c1cc(=O)[nH]o1. The van der Waals surface area contributed by atoms with E-state index in [1.807, 2.05) is 5.16 Å². The normalized spacial score (nSPS) is 12.0. The van der Waals surface area contributed by atoms with E-state index in [2.05, 4.69) is 9.95 Å². The molecule has 162 valence electrons. The Morgan fingerprint density at radius 2 is 1.94 bits per heavy atom. The second-order valence-corrected chi connectivity index (χ2v) is 7.01. The molecule has 0 saturated carbocycles. The first-order valence-electron chi connectivity index (χ1n) is 8.92. The number of aliphatic carboxylic acids is 1. The monoisotopic (exact) mass is 449 g/mol. The molecule has 4 N–H and O–H groups in total. The smallest absolute Gasteiger partial charge is 0.333 e. The van der Waals surface area contributed by atoms with Crippen LogP contribution in [0.1, 0.15) is 16.1 Å². The van der Waals surface area contributed by atoms with Crippen molar-refractivity contribution in [3.8, 4) is 11.1 Å². The average Bonchev–Trinajstić information content (AvgIpc) is 3.15. The Bertz CT molecular complexity index is 1160. The van der Waals surface area contributed by atoms with E-state index in [0.717, 1.165) is 11.1 Å². The Kier molecular flexibility index (Phi) is 6.85. The summed E-state index contributed by atoms with van der Waals surface area (Å²) in [6.45, 7) is -0.822. The lowest BCUT2D eigenvalue weighted by Crippen LogP contribution is -2.47. The van der Waals surface area contributed by atoms with Crippen molar-refractivity contribution in [1.29, 1.82) is 0 Å². The number of nitrogens with one attached hydrogen (secondary N) is 2. The highest BCUT2D eigenvalue weighted by atomic mass is 35.5. The molecular weight excluding hydrogens is 433 g/mol. The maximum Gasteiger partial charge on any atom is 0.333 e. The molecule has 0 bridgehead atoms. The fourth-order valence-electron chi connectivity index (χ4n) is 2.76. The molecule has 0 radical (unpaired) electrons. The maximum atomic E-state index is 14.7. The van der Waals surface area contributed by atoms with Crippen LogP contribution in [-0.2, 0) is 11.3 Å². The molecule has 0 aliphatic carbocycles. The van der Waals surface area contributed by atoms with E-state index in [-0.39, 0.29) is 17.9 Å². The minimum absolute atomic E-state index is 0.124. The van der Waals surface area contributed by atoms with Crippen molar-refractivity contribution in [2.45, 2.75) is 12.6 Å². The van der Waals surface area contributed by atoms with Crippen molar-refractivity contribution < 1.29 is 28.7 Å². The maximum absolute atomic E-state index is 14.7. The van der Waals surface area contributed by atoms with E-state index in [1.54, 1.807) is 30.3 Å². The van der Waals surface area contributed by atoms with E-state index < -0.39 is 35.9 Å². The van der Waals surface area contributed by atoms with Gasteiger partial charge in [0, 0.05) is 17.1 Å². The molecule has 9 nitrogen and oxygen atoms in total. The first kappa shape index (κ1) is 22.2. The number of carbonyl (C=O) groups excluding carboxylic acids is 1. The van der Waals surface area contributed by atoms with Crippen LogP contribution in [0.4, 0.5) is 4.39 Å². The number of aromatic amines is 1. The summed E-state index contributed by atoms with van der Waals surface area (Å²) in [7, 11) is 0. The Morgan fingerprint density at radius 1 is 1.19 bits per heavy atom. The van der Waals surface area contributed by atoms with Crippen molar-refractivity contribution in [1.82, 2.24) is 15.6 Å². The van der Waals surface area contributed by atoms with E-state index in [9.17, 15) is 23.9 Å². The molecule has 0 aliphatic heterocycles. The number of rotatable bonds is 8. The number of amides is 1. The number of aliphatic hydroxyl groups excluding tert-OH is 1. The van der Waals surface area contributed by atoms with Gasteiger partial charge in [-0.25, -0.2) is 14.2 Å². The number of carboxylic acid groups (broad SMARTS) is 1. The summed E-state index contributed by atoms with van der Waals surface area (Å²) in [6, 6.07) is 12.1. The largest absolute Gasteiger partial charge is 0.479 e. The fraction of sp³-hybridized carbons (Fsp3) is 0.150. The van der Waals surface area contributed by atoms with Crippen molar-refractivity contribution in [3.63, 3.8) is 0 Å². The molecule has 1 atom stereocenters. The van der Waals surface area contributed by atoms with E-state index >= 15 is 0 Å². The Labute approximate surface area is 179 Å². The first-order chi connectivity index (χ1) is 14.7. The van der Waals surface area contributed by atoms with Crippen molar-refractivity contribution >= 4 is 23.5 Å². The average molecular weight is 450 g/mol. The molecule has 31 heavy (non-hydrogen) atoms. The molecule has 1 heterocycles. The number of aliphatic hydroxyl groups is 1. The third-order valence-corrected chi connectivity index (χ3v) is 4.49. The fourth-order valence-corrected chi connectivity index (χ4v) is 2.95. The predicted octanol–water partition coefficient (Wildman–Crippen LogP) is 2.02. The molecule has 0 aliphatic rings. The highest BCUT2D eigenvalue weighted by molar-refractivity contribution is 6.30. The number of nitrogens with zero attached hydrogens (tertiary/aromatic N) is 1. The van der Waals surface area contributed by atoms with Gasteiger partial charge in [-0.1, -0.05) is 35.9 Å². The molecule has 2 aromatic carbocycles. The van der Waals surface area contributed by atoms with Crippen LogP contribution in [0, 0.1) is 5.82 Å². The highest BCUT2D eigenvalue weighted by Gasteiger charge is 2.23. The lowest BCUT2D eigenvalue weighted by Gasteiger charge is -2.24. The van der Waals surface area contributed by atoms with Gasteiger partial charge in [0.1, 0.15) is 5.82 Å². The number of hydrogen-bond acceptors (Lipinski definition) is 6. The summed E-state index contributed by atoms with van der Waals surface area (Å²) in [5.74, 6) is -3.39. The van der Waals surface area contributed by atoms with Crippen LogP contribution in [0.3, 0.4) is 0 Å². The molecular formula is C20H17ClFN3O6. The van der Waals surface area contributed by atoms with Gasteiger partial charge in [0.05, 0.1) is 12.6 Å². The van der Waals surface area contributed by atoms with E-state index in [1.165, 1.54) is 12.1 Å². The molecule has 1 amide bonds. The number of aromatic nitrogens is 1. The van der Waals surface area contributed by atoms with Crippen LogP contribution >= 0.6 is 11.6 Å². The van der Waals surface area contributed by atoms with Crippen LogP contribution in [-0.4, -0.2) is 44.9 Å². The zero-order valence-corrected chi connectivity index (χ0v) is 16.6. The third-order valence-electron chi connectivity index (χ3n) is 4.26. The van der Waals surface area contributed by atoms with Gasteiger partial charge < -0.3 is 14.7 Å². The molecule has 11 heteroatoms. The Hall–Kier alpha value is -3.47. The number of hydrazine groups is 1. The number of carbonyl (C=O) groups is 2. The molecule has 3 rings (SSSR count). The molecule has 0 saturated heterocycles. The van der Waals surface area contributed by atoms with Gasteiger partial charge in [0.2, 0.25) is 5.76 Å². The Morgan fingerprint density at radius 3 is 2.55 bits per heavy atom. The van der Waals surface area contributed by atoms with Crippen LogP contribution in [0.25, 0.3) is 11.1 Å². The summed E-state index contributed by atoms with van der Waals surface area (Å²) in [5.41, 5.74) is 3.04. The highest BCUT2D eigenvalue weighted by Crippen LogP contribution is 2.25. The zero-order chi connectivity index (χ0) is 22.5. The first-order valence-corrected chi connectivity index (χ1v) is 9.30. The molecule has 0 spiro atoms. The van der Waals surface area contributed by atoms with E-state index in [4.69, 9.17) is 16.7 Å². The standard InChI is InChI=1S/C20H17ClFN3O6/c21-14-3-1-2-11(6-14)12-4-5-13(15(22)7-12)9-25(10-16(26)20(29)30)23-19(28)17-8-18(27)24-31-17/h1-8,16,26H,9-10H2,(H,23,28)(H,24,27)(H,29,30)/t16-/m1/s1. The van der Waals surface area contributed by atoms with Gasteiger partial charge in [-0.05, 0) is 29.3 Å². The zero-order valence-electron chi connectivity index (χ0n) is 15.8. The second kappa shape index (κ2) is 9.56. The summed E-state index contributed by atoms with van der Waals surface area (Å²) < 4.78 is 19.4. The van der Waals surface area contributed by atoms with Gasteiger partial charge >= 0.3 is 11.9 Å². The van der Waals surface area contributed by atoms with Crippen LogP contribution < -0.4 is 11.0 Å². The number of H-pyrrole nitrogens is 1. The molecule has 1 aromatic heterocycles. The van der Waals surface area contributed by atoms with Crippen LogP contribution in [0.15, 0.2) is 57.8 Å². The quantitative estimate of drug-likeness (QED) is 0.386. The third kappa shape index (κ3) is 5.79. The van der Waals surface area contributed by atoms with Crippen LogP contribution in [0.2, 0.25) is 5.02 Å². The predicted molar refractivity (Wildman–Crippen MR) is 108 cm³/mol. The lowest BCUT2D eigenvalue weighted by atomic mass is 10.0. The minimum atomic E-state index is -1.85. The second-order valence-electron chi connectivity index (χ2n) is 6.57. The van der Waals surface area contributed by atoms with Gasteiger partial charge in [-0.3, -0.25) is 15.0 Å². The van der Waals surface area contributed by atoms with Gasteiger partial charge in [-0.2, -0.15) is 5.16 Å². The number of carboxylic acids is 1. The minimum Gasteiger partial charge on any atom is -0.479 e. The van der Waals surface area contributed by atoms with Gasteiger partial charge in [-0.15, -0.1) is 0 Å². The van der Waals surface area contributed by atoms with E-state index in [0.29, 0.717) is 16.1 Å².